The van der Waals surface area contributed by atoms with Crippen molar-refractivity contribution >= 4 is 22.4 Å². The highest BCUT2D eigenvalue weighted by Crippen LogP contribution is 2.21. The molecule has 3 rings (SSSR count). The van der Waals surface area contributed by atoms with E-state index in [1.54, 1.807) is 19.1 Å². The first-order chi connectivity index (χ1) is 10.1. The number of hydrogen-bond donors (Lipinski definition) is 1. The number of anilines is 1. The van der Waals surface area contributed by atoms with Crippen LogP contribution in [0.2, 0.25) is 0 Å². The minimum atomic E-state index is -0.485. The molecule has 0 atom stereocenters. The van der Waals surface area contributed by atoms with Crippen molar-refractivity contribution < 1.29 is 13.7 Å². The van der Waals surface area contributed by atoms with Gasteiger partial charge in [0, 0.05) is 11.6 Å². The normalized spacial score (nSPS) is 10.6. The molecule has 8 heteroatoms. The van der Waals surface area contributed by atoms with Gasteiger partial charge in [-0.25, -0.2) is 4.39 Å². The van der Waals surface area contributed by atoms with Crippen LogP contribution in [0.1, 0.15) is 15.6 Å². The molecule has 0 saturated heterocycles. The summed E-state index contributed by atoms with van der Waals surface area (Å²) in [6.45, 7) is 1.78. The molecule has 3 aromatic rings. The zero-order valence-electron chi connectivity index (χ0n) is 10.8. The van der Waals surface area contributed by atoms with E-state index >= 15 is 0 Å². The van der Waals surface area contributed by atoms with Crippen LogP contribution in [0.3, 0.4) is 0 Å². The second-order valence-electron chi connectivity index (χ2n) is 4.17. The standard InChI is InChI=1S/C13H9FN4O2S/c1-7-16-17-13(21-7)15-12(19)11-6-10(18-20-11)8-3-2-4-9(14)5-8/h2-6H,1H3,(H,15,17,19). The van der Waals surface area contributed by atoms with E-state index in [1.165, 1.54) is 29.5 Å². The minimum Gasteiger partial charge on any atom is -0.350 e. The van der Waals surface area contributed by atoms with Crippen molar-refractivity contribution in [2.75, 3.05) is 5.32 Å². The number of halogens is 1. The first-order valence-electron chi connectivity index (χ1n) is 5.96. The van der Waals surface area contributed by atoms with Gasteiger partial charge in [0.2, 0.25) is 10.9 Å². The van der Waals surface area contributed by atoms with E-state index in [0.717, 1.165) is 5.01 Å². The average molecular weight is 304 g/mol. The lowest BCUT2D eigenvalue weighted by Gasteiger charge is -1.95. The third-order valence-corrected chi connectivity index (χ3v) is 3.35. The molecule has 0 unspecified atom stereocenters. The zero-order chi connectivity index (χ0) is 14.8. The van der Waals surface area contributed by atoms with Crippen molar-refractivity contribution in [1.29, 1.82) is 0 Å². The number of aryl methyl sites for hydroxylation is 1. The van der Waals surface area contributed by atoms with Gasteiger partial charge in [-0.3, -0.25) is 10.1 Å². The van der Waals surface area contributed by atoms with Gasteiger partial charge < -0.3 is 4.52 Å². The molecular formula is C13H9FN4O2S. The molecule has 0 aliphatic rings. The predicted molar refractivity (Wildman–Crippen MR) is 74.5 cm³/mol. The summed E-state index contributed by atoms with van der Waals surface area (Å²) in [7, 11) is 0. The molecule has 106 valence electrons. The Morgan fingerprint density at radius 1 is 1.33 bits per heavy atom. The van der Waals surface area contributed by atoms with Crippen LogP contribution < -0.4 is 5.32 Å². The lowest BCUT2D eigenvalue weighted by Crippen LogP contribution is -2.10. The van der Waals surface area contributed by atoms with Crippen molar-refractivity contribution in [2.45, 2.75) is 6.92 Å². The maximum Gasteiger partial charge on any atom is 0.296 e. The van der Waals surface area contributed by atoms with Crippen molar-refractivity contribution in [3.8, 4) is 11.3 Å². The van der Waals surface area contributed by atoms with Gasteiger partial charge in [0.25, 0.3) is 5.91 Å². The third-order valence-electron chi connectivity index (χ3n) is 2.60. The molecule has 0 spiro atoms. The van der Waals surface area contributed by atoms with Crippen LogP contribution in [-0.4, -0.2) is 21.3 Å². The summed E-state index contributed by atoms with van der Waals surface area (Å²) in [5, 5.41) is 15.0. The number of aromatic nitrogens is 3. The summed E-state index contributed by atoms with van der Waals surface area (Å²) in [4.78, 5) is 12.0. The molecule has 1 N–H and O–H groups in total. The van der Waals surface area contributed by atoms with Gasteiger partial charge in [-0.1, -0.05) is 28.6 Å². The summed E-state index contributed by atoms with van der Waals surface area (Å²) in [6, 6.07) is 7.32. The highest BCUT2D eigenvalue weighted by atomic mass is 32.1. The summed E-state index contributed by atoms with van der Waals surface area (Å²) in [6.07, 6.45) is 0. The Bertz CT molecular complexity index is 799. The fraction of sp³-hybridized carbons (Fsp3) is 0.0769. The molecule has 1 amide bonds. The number of carbonyl (C=O) groups excluding carboxylic acids is 1. The van der Waals surface area contributed by atoms with E-state index in [0.29, 0.717) is 16.4 Å². The largest absolute Gasteiger partial charge is 0.350 e. The van der Waals surface area contributed by atoms with Crippen molar-refractivity contribution in [3.63, 3.8) is 0 Å². The van der Waals surface area contributed by atoms with Crippen molar-refractivity contribution in [2.24, 2.45) is 0 Å². The van der Waals surface area contributed by atoms with Crippen molar-refractivity contribution in [3.05, 3.63) is 46.9 Å². The average Bonchev–Trinajstić information content (AvgIpc) is 3.08. The molecule has 2 heterocycles. The quantitative estimate of drug-likeness (QED) is 0.804. The molecule has 1 aromatic carbocycles. The summed E-state index contributed by atoms with van der Waals surface area (Å²) in [5.41, 5.74) is 0.914. The van der Waals surface area contributed by atoms with Gasteiger partial charge in [-0.15, -0.1) is 10.2 Å². The van der Waals surface area contributed by atoms with Crippen LogP contribution in [0.5, 0.6) is 0 Å². The van der Waals surface area contributed by atoms with Crippen LogP contribution in [0.4, 0.5) is 9.52 Å². The highest BCUT2D eigenvalue weighted by Gasteiger charge is 2.16. The molecule has 0 saturated carbocycles. The third kappa shape index (κ3) is 2.95. The molecule has 2 aromatic heterocycles. The number of benzene rings is 1. The lowest BCUT2D eigenvalue weighted by atomic mass is 10.1. The van der Waals surface area contributed by atoms with Gasteiger partial charge in [-0.05, 0) is 19.1 Å². The molecule has 0 radical (unpaired) electrons. The van der Waals surface area contributed by atoms with Gasteiger partial charge in [0.05, 0.1) is 0 Å². The van der Waals surface area contributed by atoms with Gasteiger partial charge in [-0.2, -0.15) is 0 Å². The molecule has 0 aliphatic heterocycles. The lowest BCUT2D eigenvalue weighted by molar-refractivity contribution is 0.0988. The molecule has 0 bridgehead atoms. The topological polar surface area (TPSA) is 80.9 Å². The Kier molecular flexibility index (Phi) is 3.44. The second kappa shape index (κ2) is 5.41. The smallest absolute Gasteiger partial charge is 0.296 e. The van der Waals surface area contributed by atoms with E-state index in [4.69, 9.17) is 4.52 Å². The fourth-order valence-electron chi connectivity index (χ4n) is 1.67. The van der Waals surface area contributed by atoms with Gasteiger partial charge >= 0.3 is 0 Å². The van der Waals surface area contributed by atoms with E-state index in [1.807, 2.05) is 0 Å². The number of carbonyl (C=O) groups is 1. The maximum absolute atomic E-state index is 13.2. The summed E-state index contributed by atoms with van der Waals surface area (Å²) < 4.78 is 18.1. The van der Waals surface area contributed by atoms with E-state index in [2.05, 4.69) is 20.7 Å². The Hall–Kier alpha value is -2.61. The number of hydrogen-bond acceptors (Lipinski definition) is 6. The van der Waals surface area contributed by atoms with Crippen LogP contribution in [0, 0.1) is 12.7 Å². The predicted octanol–water partition coefficient (Wildman–Crippen LogP) is 2.89. The Labute approximate surface area is 122 Å². The first-order valence-corrected chi connectivity index (χ1v) is 6.77. The Morgan fingerprint density at radius 2 is 2.19 bits per heavy atom. The number of nitrogens with zero attached hydrogens (tertiary/aromatic N) is 3. The van der Waals surface area contributed by atoms with Crippen LogP contribution >= 0.6 is 11.3 Å². The fourth-order valence-corrected chi connectivity index (χ4v) is 2.26. The maximum atomic E-state index is 13.2. The minimum absolute atomic E-state index is 0.0158. The van der Waals surface area contributed by atoms with E-state index < -0.39 is 5.91 Å². The number of nitrogens with one attached hydrogen (secondary N) is 1. The zero-order valence-corrected chi connectivity index (χ0v) is 11.6. The molecular weight excluding hydrogens is 295 g/mol. The highest BCUT2D eigenvalue weighted by molar-refractivity contribution is 7.15. The summed E-state index contributed by atoms with van der Waals surface area (Å²) in [5.74, 6) is -0.853. The van der Waals surface area contributed by atoms with Crippen LogP contribution in [-0.2, 0) is 0 Å². The number of amides is 1. The van der Waals surface area contributed by atoms with E-state index in [-0.39, 0.29) is 11.6 Å². The number of rotatable bonds is 3. The second-order valence-corrected chi connectivity index (χ2v) is 5.35. The van der Waals surface area contributed by atoms with Gasteiger partial charge in [0.1, 0.15) is 16.5 Å². The molecule has 0 fully saturated rings. The van der Waals surface area contributed by atoms with Gasteiger partial charge in [0.15, 0.2) is 0 Å². The Morgan fingerprint density at radius 3 is 2.90 bits per heavy atom. The first kappa shape index (κ1) is 13.4. The van der Waals surface area contributed by atoms with Crippen molar-refractivity contribution in [1.82, 2.24) is 15.4 Å². The molecule has 0 aliphatic carbocycles. The van der Waals surface area contributed by atoms with Crippen LogP contribution in [0.15, 0.2) is 34.9 Å². The SMILES string of the molecule is Cc1nnc(NC(=O)c2cc(-c3cccc(F)c3)no2)s1. The monoisotopic (exact) mass is 304 g/mol. The van der Waals surface area contributed by atoms with E-state index in [9.17, 15) is 9.18 Å². The molecule has 21 heavy (non-hydrogen) atoms. The summed E-state index contributed by atoms with van der Waals surface area (Å²) >= 11 is 1.25. The Balaban J connectivity index is 1.80. The van der Waals surface area contributed by atoms with Crippen LogP contribution in [0.25, 0.3) is 11.3 Å². The molecule has 6 nitrogen and oxygen atoms in total.